The van der Waals surface area contributed by atoms with Gasteiger partial charge in [-0.05, 0) is 34.5 Å². The van der Waals surface area contributed by atoms with Gasteiger partial charge in [-0.15, -0.1) is 11.3 Å². The maximum atomic E-state index is 13.9. The second-order valence-electron chi connectivity index (χ2n) is 4.86. The van der Waals surface area contributed by atoms with Gasteiger partial charge in [0.15, 0.2) is 0 Å². The zero-order chi connectivity index (χ0) is 15.8. The molecule has 114 valence electrons. The number of thiazole rings is 1. The third-order valence-electron chi connectivity index (χ3n) is 3.46. The highest BCUT2D eigenvalue weighted by Crippen LogP contribution is 2.31. The summed E-state index contributed by atoms with van der Waals surface area (Å²) in [5, 5.41) is 10.7. The number of aromatic nitrogens is 3. The number of anilines is 1. The molecular formula is C16H11FN4S2. The minimum absolute atomic E-state index is 0.295. The average molecular weight is 342 g/mol. The van der Waals surface area contributed by atoms with E-state index in [9.17, 15) is 4.39 Å². The number of halogens is 1. The molecule has 0 saturated heterocycles. The van der Waals surface area contributed by atoms with Gasteiger partial charge in [0.05, 0.1) is 11.9 Å². The van der Waals surface area contributed by atoms with Crippen molar-refractivity contribution in [1.82, 2.24) is 14.8 Å². The molecule has 23 heavy (non-hydrogen) atoms. The van der Waals surface area contributed by atoms with Crippen molar-refractivity contribution in [2.45, 2.75) is 0 Å². The van der Waals surface area contributed by atoms with Gasteiger partial charge in [0, 0.05) is 16.5 Å². The first-order valence-electron chi connectivity index (χ1n) is 6.81. The maximum Gasteiger partial charge on any atom is 0.212 e. The lowest BCUT2D eigenvalue weighted by atomic mass is 10.2. The van der Waals surface area contributed by atoms with Crippen LogP contribution in [0.1, 0.15) is 0 Å². The lowest BCUT2D eigenvalue weighted by molar-refractivity contribution is 0.631. The second-order valence-corrected chi connectivity index (χ2v) is 6.48. The largest absolute Gasteiger partial charge is 0.383 e. The Balaban J connectivity index is 1.75. The molecule has 0 atom stereocenters. The number of nitrogen functional groups attached to an aromatic ring is 1. The molecule has 4 nitrogen and oxygen atoms in total. The summed E-state index contributed by atoms with van der Waals surface area (Å²) in [6, 6.07) is 8.57. The Hall–Kier alpha value is -2.51. The molecule has 0 aliphatic rings. The minimum atomic E-state index is -0.295. The summed E-state index contributed by atoms with van der Waals surface area (Å²) in [4.78, 5) is 4.47. The van der Waals surface area contributed by atoms with Gasteiger partial charge in [0.25, 0.3) is 0 Å². The zero-order valence-corrected chi connectivity index (χ0v) is 13.4. The Kier molecular flexibility index (Phi) is 3.44. The fraction of sp³-hybridized carbons (Fsp3) is 0. The number of nitrogens with zero attached hydrogens (tertiary/aromatic N) is 3. The third-order valence-corrected chi connectivity index (χ3v) is 4.96. The van der Waals surface area contributed by atoms with E-state index in [1.807, 2.05) is 16.8 Å². The summed E-state index contributed by atoms with van der Waals surface area (Å²) in [6.07, 6.45) is 1.72. The molecule has 0 saturated carbocycles. The highest BCUT2D eigenvalue weighted by Gasteiger charge is 2.15. The first-order chi connectivity index (χ1) is 11.2. The van der Waals surface area contributed by atoms with Crippen molar-refractivity contribution in [3.05, 3.63) is 58.5 Å². The Bertz CT molecular complexity index is 956. The topological polar surface area (TPSA) is 56.7 Å². The van der Waals surface area contributed by atoms with E-state index in [0.29, 0.717) is 22.2 Å². The van der Waals surface area contributed by atoms with Crippen LogP contribution in [-0.2, 0) is 0 Å². The number of benzene rings is 1. The van der Waals surface area contributed by atoms with Crippen molar-refractivity contribution in [1.29, 1.82) is 0 Å². The molecule has 0 aliphatic heterocycles. The molecule has 3 aromatic heterocycles. The smallest absolute Gasteiger partial charge is 0.212 e. The van der Waals surface area contributed by atoms with Crippen LogP contribution in [0.5, 0.6) is 0 Å². The lowest BCUT2D eigenvalue weighted by Gasteiger charge is -2.01. The number of hydrogen-bond donors (Lipinski definition) is 1. The van der Waals surface area contributed by atoms with E-state index >= 15 is 0 Å². The van der Waals surface area contributed by atoms with Gasteiger partial charge in [-0.1, -0.05) is 12.1 Å². The van der Waals surface area contributed by atoms with E-state index in [-0.39, 0.29) is 5.82 Å². The van der Waals surface area contributed by atoms with Crippen LogP contribution >= 0.6 is 22.7 Å². The van der Waals surface area contributed by atoms with E-state index in [4.69, 9.17) is 5.73 Å². The third kappa shape index (κ3) is 2.43. The first-order valence-corrected chi connectivity index (χ1v) is 8.63. The Labute approximate surface area is 139 Å². The maximum absolute atomic E-state index is 13.9. The molecule has 0 amide bonds. The fourth-order valence-corrected chi connectivity index (χ4v) is 3.75. The normalized spacial score (nSPS) is 11.0. The molecule has 0 spiro atoms. The van der Waals surface area contributed by atoms with Gasteiger partial charge in [-0.25, -0.2) is 9.37 Å². The van der Waals surface area contributed by atoms with Gasteiger partial charge in [-0.2, -0.15) is 21.1 Å². The van der Waals surface area contributed by atoms with E-state index in [2.05, 4.69) is 10.1 Å². The van der Waals surface area contributed by atoms with Crippen LogP contribution in [0.25, 0.3) is 27.5 Å². The molecule has 2 N–H and O–H groups in total. The molecule has 1 aromatic carbocycles. The molecule has 4 aromatic rings. The van der Waals surface area contributed by atoms with Crippen LogP contribution in [-0.4, -0.2) is 14.8 Å². The van der Waals surface area contributed by atoms with Gasteiger partial charge < -0.3 is 5.73 Å². The van der Waals surface area contributed by atoms with Gasteiger partial charge >= 0.3 is 0 Å². The summed E-state index contributed by atoms with van der Waals surface area (Å²) in [5.74, 6) is 0.231. The number of thiophene rings is 1. The number of hydrogen-bond acceptors (Lipinski definition) is 5. The molecule has 0 aliphatic carbocycles. The first kappa shape index (κ1) is 14.1. The number of rotatable bonds is 3. The minimum Gasteiger partial charge on any atom is -0.383 e. The van der Waals surface area contributed by atoms with E-state index in [0.717, 1.165) is 11.1 Å². The van der Waals surface area contributed by atoms with Crippen molar-refractivity contribution in [3.63, 3.8) is 0 Å². The molecule has 0 bridgehead atoms. The van der Waals surface area contributed by atoms with Crippen molar-refractivity contribution < 1.29 is 4.39 Å². The highest BCUT2D eigenvalue weighted by molar-refractivity contribution is 7.12. The monoisotopic (exact) mass is 342 g/mol. The molecule has 3 heterocycles. The van der Waals surface area contributed by atoms with Crippen LogP contribution in [0.15, 0.2) is 52.7 Å². The summed E-state index contributed by atoms with van der Waals surface area (Å²) in [6.45, 7) is 0. The molecular weight excluding hydrogens is 331 g/mol. The molecule has 0 radical (unpaired) electrons. The highest BCUT2D eigenvalue weighted by atomic mass is 32.1. The van der Waals surface area contributed by atoms with E-state index in [1.165, 1.54) is 17.4 Å². The second kappa shape index (κ2) is 5.60. The Morgan fingerprint density at radius 3 is 2.74 bits per heavy atom. The summed E-state index contributed by atoms with van der Waals surface area (Å²) in [5.41, 5.74) is 9.15. The molecule has 4 rings (SSSR count). The van der Waals surface area contributed by atoms with E-state index in [1.54, 1.807) is 45.8 Å². The van der Waals surface area contributed by atoms with Crippen LogP contribution in [0.3, 0.4) is 0 Å². The summed E-state index contributed by atoms with van der Waals surface area (Å²) in [7, 11) is 0. The van der Waals surface area contributed by atoms with Crippen molar-refractivity contribution in [2.75, 3.05) is 5.73 Å². The number of nitrogens with two attached hydrogens (primary N) is 1. The van der Waals surface area contributed by atoms with Gasteiger partial charge in [-0.3, -0.25) is 0 Å². The SMILES string of the molecule is Nc1c(-c2ccsc2)cnn1-c1nc(-c2ccccc2F)cs1. The van der Waals surface area contributed by atoms with Gasteiger partial charge in [0.2, 0.25) is 5.13 Å². The van der Waals surface area contributed by atoms with Gasteiger partial charge in [0.1, 0.15) is 11.6 Å². The molecule has 7 heteroatoms. The lowest BCUT2D eigenvalue weighted by Crippen LogP contribution is -2.01. The van der Waals surface area contributed by atoms with Crippen LogP contribution in [0.2, 0.25) is 0 Å². The summed E-state index contributed by atoms with van der Waals surface area (Å²) < 4.78 is 15.5. The van der Waals surface area contributed by atoms with Crippen molar-refractivity contribution in [2.24, 2.45) is 0 Å². The van der Waals surface area contributed by atoms with Crippen LogP contribution in [0.4, 0.5) is 10.2 Å². The fourth-order valence-electron chi connectivity index (χ4n) is 2.30. The van der Waals surface area contributed by atoms with Crippen molar-refractivity contribution >= 4 is 28.5 Å². The van der Waals surface area contributed by atoms with E-state index < -0.39 is 0 Å². The Morgan fingerprint density at radius 1 is 1.09 bits per heavy atom. The standard InChI is InChI=1S/C16H11FN4S2/c17-13-4-2-1-3-11(13)14-9-23-16(20-14)21-15(18)12(7-19-21)10-5-6-22-8-10/h1-9H,18H2. The van der Waals surface area contributed by atoms with Crippen LogP contribution in [0, 0.1) is 5.82 Å². The van der Waals surface area contributed by atoms with Crippen LogP contribution < -0.4 is 5.73 Å². The average Bonchev–Trinajstić information content (AvgIpc) is 3.27. The molecule has 0 fully saturated rings. The predicted octanol–water partition coefficient (Wildman–Crippen LogP) is 4.45. The summed E-state index contributed by atoms with van der Waals surface area (Å²) >= 11 is 2.98. The predicted molar refractivity (Wildman–Crippen MR) is 92.4 cm³/mol. The Morgan fingerprint density at radius 2 is 1.96 bits per heavy atom. The van der Waals surface area contributed by atoms with Crippen molar-refractivity contribution in [3.8, 4) is 27.5 Å². The quantitative estimate of drug-likeness (QED) is 0.598. The zero-order valence-electron chi connectivity index (χ0n) is 11.8. The molecule has 0 unspecified atom stereocenters.